The molecule has 0 aliphatic carbocycles. The summed E-state index contributed by atoms with van der Waals surface area (Å²) in [4.78, 5) is 0. The van der Waals surface area contributed by atoms with Gasteiger partial charge in [0, 0.05) is 5.54 Å². The fourth-order valence-electron chi connectivity index (χ4n) is 2.92. The van der Waals surface area contributed by atoms with Crippen molar-refractivity contribution in [3.63, 3.8) is 0 Å². The van der Waals surface area contributed by atoms with E-state index in [1.807, 2.05) is 0 Å². The maximum atomic E-state index is 6.62. The Bertz CT molecular complexity index is 343. The van der Waals surface area contributed by atoms with Crippen LogP contribution in [0.1, 0.15) is 64.0 Å². The minimum atomic E-state index is -0.00660. The summed E-state index contributed by atoms with van der Waals surface area (Å²) in [6.45, 7) is 6.70. The van der Waals surface area contributed by atoms with Crippen LogP contribution in [0.2, 0.25) is 0 Å². The normalized spacial score (nSPS) is 11.2. The second kappa shape index (κ2) is 9.76. The Kier molecular flexibility index (Phi) is 9.71. The first kappa shape index (κ1) is 18.9. The molecule has 0 fully saturated rings. The Hall–Kier alpha value is -0.0900. The maximum Gasteiger partial charge on any atom is 0.0194 e. The van der Waals surface area contributed by atoms with E-state index in [2.05, 4.69) is 45.0 Å². The molecule has 1 aromatic rings. The highest BCUT2D eigenvalue weighted by Gasteiger charge is 2.24. The smallest absolute Gasteiger partial charge is 0.0194 e. The van der Waals surface area contributed by atoms with E-state index < -0.39 is 0 Å². The predicted octanol–water partition coefficient (Wildman–Crippen LogP) is 5.10. The van der Waals surface area contributed by atoms with Crippen molar-refractivity contribution in [3.05, 3.63) is 35.4 Å². The van der Waals surface area contributed by atoms with Crippen LogP contribution in [0.3, 0.4) is 0 Å². The van der Waals surface area contributed by atoms with E-state index in [1.54, 1.807) is 0 Å². The fourth-order valence-corrected chi connectivity index (χ4v) is 2.92. The summed E-state index contributed by atoms with van der Waals surface area (Å²) in [5.74, 6) is 0. The molecular weight excluding hydrogens is 345 g/mol. The largest absolute Gasteiger partial charge is 0.325 e. The van der Waals surface area contributed by atoms with Crippen LogP contribution in [-0.2, 0) is 12.8 Å². The third-order valence-electron chi connectivity index (χ3n) is 3.68. The van der Waals surface area contributed by atoms with Crippen LogP contribution in [0.25, 0.3) is 0 Å². The van der Waals surface area contributed by atoms with E-state index in [0.29, 0.717) is 0 Å². The van der Waals surface area contributed by atoms with Crippen molar-refractivity contribution in [3.8, 4) is 0 Å². The molecule has 1 aromatic carbocycles. The van der Waals surface area contributed by atoms with Crippen LogP contribution in [-0.4, -0.2) is 5.54 Å². The van der Waals surface area contributed by atoms with Crippen LogP contribution in [0, 0.1) is 0 Å². The maximum absolute atomic E-state index is 6.62. The highest BCUT2D eigenvalue weighted by atomic mass is 127. The van der Waals surface area contributed by atoms with E-state index in [9.17, 15) is 0 Å². The van der Waals surface area contributed by atoms with Crippen molar-refractivity contribution in [1.29, 1.82) is 0 Å². The zero-order valence-corrected chi connectivity index (χ0v) is 15.1. The molecule has 2 N–H and O–H groups in total. The average molecular weight is 375 g/mol. The van der Waals surface area contributed by atoms with Gasteiger partial charge >= 0.3 is 0 Å². The molecule has 0 spiro atoms. The van der Waals surface area contributed by atoms with Crippen molar-refractivity contribution in [2.24, 2.45) is 5.73 Å². The molecule has 1 rings (SSSR count). The standard InChI is InChI=1S/C17H29N.HI/c1-4-9-15-10-7-8-11-16(15)14-17(18,12-5-2)13-6-3;/h7-8,10-11H,4-6,9,12-14,18H2,1-3H3;1H. The third-order valence-corrected chi connectivity index (χ3v) is 3.68. The molecule has 0 heterocycles. The summed E-state index contributed by atoms with van der Waals surface area (Å²) in [6, 6.07) is 8.81. The average Bonchev–Trinajstić information content (AvgIpc) is 2.32. The number of rotatable bonds is 8. The van der Waals surface area contributed by atoms with Crippen LogP contribution < -0.4 is 5.73 Å². The molecule has 0 aromatic heterocycles. The minimum absolute atomic E-state index is 0. The van der Waals surface area contributed by atoms with E-state index in [0.717, 1.165) is 19.3 Å². The lowest BCUT2D eigenvalue weighted by atomic mass is 9.82. The van der Waals surface area contributed by atoms with E-state index in [1.165, 1.54) is 36.8 Å². The Balaban J connectivity index is 0.00000324. The molecule has 0 unspecified atom stereocenters. The van der Waals surface area contributed by atoms with Gasteiger partial charge in [-0.2, -0.15) is 0 Å². The molecule has 0 bridgehead atoms. The summed E-state index contributed by atoms with van der Waals surface area (Å²) >= 11 is 0. The van der Waals surface area contributed by atoms with E-state index >= 15 is 0 Å². The zero-order chi connectivity index (χ0) is 13.4. The van der Waals surface area contributed by atoms with Crippen molar-refractivity contribution >= 4 is 24.0 Å². The van der Waals surface area contributed by atoms with Crippen LogP contribution in [0.15, 0.2) is 24.3 Å². The summed E-state index contributed by atoms with van der Waals surface area (Å²) in [6.07, 6.45) is 8.01. The summed E-state index contributed by atoms with van der Waals surface area (Å²) in [5.41, 5.74) is 9.56. The molecule has 2 heteroatoms. The van der Waals surface area contributed by atoms with Crippen LogP contribution in [0.5, 0.6) is 0 Å². The van der Waals surface area contributed by atoms with Gasteiger partial charge in [0.2, 0.25) is 0 Å². The lowest BCUT2D eigenvalue weighted by Gasteiger charge is -2.30. The number of hydrogen-bond donors (Lipinski definition) is 1. The first-order chi connectivity index (χ1) is 8.65. The second-order valence-corrected chi connectivity index (χ2v) is 5.56. The first-order valence-corrected chi connectivity index (χ1v) is 7.51. The number of benzene rings is 1. The van der Waals surface area contributed by atoms with Gasteiger partial charge in [-0.3, -0.25) is 0 Å². The number of halogens is 1. The molecule has 0 saturated carbocycles. The van der Waals surface area contributed by atoms with E-state index in [-0.39, 0.29) is 29.5 Å². The molecule has 110 valence electrons. The Morgan fingerprint density at radius 3 is 1.89 bits per heavy atom. The molecular formula is C17H30IN. The highest BCUT2D eigenvalue weighted by molar-refractivity contribution is 14.0. The van der Waals surface area contributed by atoms with Gasteiger partial charge in [-0.15, -0.1) is 24.0 Å². The van der Waals surface area contributed by atoms with Gasteiger partial charge in [-0.25, -0.2) is 0 Å². The molecule has 0 aliphatic heterocycles. The van der Waals surface area contributed by atoms with Gasteiger partial charge in [-0.1, -0.05) is 64.3 Å². The van der Waals surface area contributed by atoms with Gasteiger partial charge in [0.15, 0.2) is 0 Å². The number of nitrogens with two attached hydrogens (primary N) is 1. The minimum Gasteiger partial charge on any atom is -0.325 e. The monoisotopic (exact) mass is 375 g/mol. The van der Waals surface area contributed by atoms with Crippen LogP contribution >= 0.6 is 24.0 Å². The van der Waals surface area contributed by atoms with Gasteiger partial charge < -0.3 is 5.73 Å². The van der Waals surface area contributed by atoms with Gasteiger partial charge in [-0.05, 0) is 36.8 Å². The lowest BCUT2D eigenvalue weighted by molar-refractivity contribution is 0.354. The molecule has 1 nitrogen and oxygen atoms in total. The lowest BCUT2D eigenvalue weighted by Crippen LogP contribution is -2.42. The van der Waals surface area contributed by atoms with Crippen molar-refractivity contribution in [1.82, 2.24) is 0 Å². The molecule has 0 aliphatic rings. The van der Waals surface area contributed by atoms with Gasteiger partial charge in [0.25, 0.3) is 0 Å². The van der Waals surface area contributed by atoms with Crippen molar-refractivity contribution in [2.75, 3.05) is 0 Å². The fraction of sp³-hybridized carbons (Fsp3) is 0.647. The summed E-state index contributed by atoms with van der Waals surface area (Å²) < 4.78 is 0. The SMILES string of the molecule is CCCc1ccccc1CC(N)(CCC)CCC.I. The van der Waals surface area contributed by atoms with Crippen LogP contribution in [0.4, 0.5) is 0 Å². The van der Waals surface area contributed by atoms with Crippen molar-refractivity contribution < 1.29 is 0 Å². The number of aryl methyl sites for hydroxylation is 1. The zero-order valence-electron chi connectivity index (χ0n) is 12.7. The van der Waals surface area contributed by atoms with Gasteiger partial charge in [0.1, 0.15) is 0 Å². The molecule has 0 atom stereocenters. The molecule has 0 radical (unpaired) electrons. The van der Waals surface area contributed by atoms with E-state index in [4.69, 9.17) is 5.73 Å². The van der Waals surface area contributed by atoms with Gasteiger partial charge in [0.05, 0.1) is 0 Å². The second-order valence-electron chi connectivity index (χ2n) is 5.56. The van der Waals surface area contributed by atoms with Crippen molar-refractivity contribution in [2.45, 2.75) is 71.3 Å². The topological polar surface area (TPSA) is 26.0 Å². The first-order valence-electron chi connectivity index (χ1n) is 7.51. The highest BCUT2D eigenvalue weighted by Crippen LogP contribution is 2.24. The Labute approximate surface area is 136 Å². The molecule has 19 heavy (non-hydrogen) atoms. The summed E-state index contributed by atoms with van der Waals surface area (Å²) in [7, 11) is 0. The quantitative estimate of drug-likeness (QED) is 0.629. The summed E-state index contributed by atoms with van der Waals surface area (Å²) in [5, 5.41) is 0. The molecule has 0 amide bonds. The molecule has 0 saturated heterocycles. The Morgan fingerprint density at radius 2 is 1.42 bits per heavy atom. The third kappa shape index (κ3) is 6.26. The predicted molar refractivity (Wildman–Crippen MR) is 96.3 cm³/mol. The Morgan fingerprint density at radius 1 is 0.895 bits per heavy atom. The number of hydrogen-bond acceptors (Lipinski definition) is 1.